The second kappa shape index (κ2) is 7.60. The smallest absolute Gasteiger partial charge is 0.341 e. The second-order valence-corrected chi connectivity index (χ2v) is 8.29. The van der Waals surface area contributed by atoms with E-state index in [-0.39, 0.29) is 34.9 Å². The highest BCUT2D eigenvalue weighted by molar-refractivity contribution is 5.94. The fourth-order valence-electron chi connectivity index (χ4n) is 4.48. The molecule has 3 aromatic rings. The maximum Gasteiger partial charge on any atom is 0.341 e. The number of benzene rings is 2. The molecule has 1 spiro atoms. The topological polar surface area (TPSA) is 81.0 Å². The number of carbonyl (C=O) groups is 1. The molecule has 7 nitrogen and oxygen atoms in total. The van der Waals surface area contributed by atoms with Crippen molar-refractivity contribution in [2.24, 2.45) is 0 Å². The molecule has 0 bridgehead atoms. The Balaban J connectivity index is 1.70. The minimum atomic E-state index is -1.55. The minimum Gasteiger partial charge on any atom is -0.477 e. The zero-order valence-corrected chi connectivity index (χ0v) is 17.5. The van der Waals surface area contributed by atoms with Gasteiger partial charge >= 0.3 is 5.97 Å². The lowest BCUT2D eigenvalue weighted by molar-refractivity contribution is -0.148. The molecule has 0 aliphatic carbocycles. The van der Waals surface area contributed by atoms with Crippen LogP contribution >= 0.6 is 0 Å². The average molecular weight is 460 g/mol. The zero-order valence-electron chi connectivity index (χ0n) is 17.5. The predicted octanol–water partition coefficient (Wildman–Crippen LogP) is 3.45. The van der Waals surface area contributed by atoms with Crippen molar-refractivity contribution >= 4 is 22.6 Å². The number of anilines is 1. The van der Waals surface area contributed by atoms with E-state index in [1.165, 1.54) is 6.07 Å². The van der Waals surface area contributed by atoms with E-state index >= 15 is 4.39 Å². The summed E-state index contributed by atoms with van der Waals surface area (Å²) in [6.07, 6.45) is 1.38. The summed E-state index contributed by atoms with van der Waals surface area (Å²) in [5, 5.41) is 9.21. The number of fused-ring (bicyclic) bond motifs is 1. The van der Waals surface area contributed by atoms with Crippen LogP contribution in [-0.2, 0) is 9.47 Å². The Morgan fingerprint density at radius 3 is 2.58 bits per heavy atom. The molecule has 3 heterocycles. The number of hydrogen-bond donors (Lipinski definition) is 1. The SMILES string of the molecule is CC1COC2(CCN(c3cc4c(cc3F)c(=O)c(C(=O)O)cn4-c3ccc(F)cc3F)C2)O1. The lowest BCUT2D eigenvalue weighted by Gasteiger charge is -2.25. The van der Waals surface area contributed by atoms with Crippen LogP contribution in [0.3, 0.4) is 0 Å². The van der Waals surface area contributed by atoms with Gasteiger partial charge in [0.1, 0.15) is 23.0 Å². The van der Waals surface area contributed by atoms with Crippen LogP contribution in [0.2, 0.25) is 0 Å². The van der Waals surface area contributed by atoms with Crippen molar-refractivity contribution < 1.29 is 32.5 Å². The van der Waals surface area contributed by atoms with Gasteiger partial charge in [-0.15, -0.1) is 0 Å². The van der Waals surface area contributed by atoms with Crippen LogP contribution in [0.1, 0.15) is 23.7 Å². The summed E-state index contributed by atoms with van der Waals surface area (Å²) in [5.74, 6) is -4.93. The van der Waals surface area contributed by atoms with Crippen molar-refractivity contribution in [1.82, 2.24) is 4.57 Å². The van der Waals surface area contributed by atoms with Gasteiger partial charge in [0.15, 0.2) is 5.79 Å². The maximum absolute atomic E-state index is 15.2. The Kier molecular flexibility index (Phi) is 4.95. The number of nitrogens with zero attached hydrogens (tertiary/aromatic N) is 2. The number of aromatic carboxylic acids is 1. The Morgan fingerprint density at radius 1 is 1.15 bits per heavy atom. The van der Waals surface area contributed by atoms with E-state index in [4.69, 9.17) is 9.47 Å². The summed E-state index contributed by atoms with van der Waals surface area (Å²) in [6, 6.07) is 5.08. The van der Waals surface area contributed by atoms with Gasteiger partial charge in [-0.2, -0.15) is 0 Å². The van der Waals surface area contributed by atoms with Gasteiger partial charge in [0.05, 0.1) is 36.1 Å². The van der Waals surface area contributed by atoms with Crippen LogP contribution in [0.25, 0.3) is 16.6 Å². The van der Waals surface area contributed by atoms with E-state index in [0.717, 1.165) is 29.0 Å². The number of hydrogen-bond acceptors (Lipinski definition) is 5. The van der Waals surface area contributed by atoms with Crippen LogP contribution in [-0.4, -0.2) is 47.2 Å². The van der Waals surface area contributed by atoms with E-state index in [0.29, 0.717) is 25.6 Å². The number of carboxylic acids is 1. The first kappa shape index (κ1) is 21.5. The molecule has 2 unspecified atom stereocenters. The monoisotopic (exact) mass is 460 g/mol. The molecule has 2 aliphatic rings. The molecule has 2 saturated heterocycles. The molecule has 1 aromatic heterocycles. The van der Waals surface area contributed by atoms with Crippen molar-refractivity contribution in [2.75, 3.05) is 24.6 Å². The molecule has 0 amide bonds. The lowest BCUT2D eigenvalue weighted by Crippen LogP contribution is -2.35. The first-order chi connectivity index (χ1) is 15.7. The summed E-state index contributed by atoms with van der Waals surface area (Å²) in [6.45, 7) is 2.97. The van der Waals surface area contributed by atoms with E-state index in [9.17, 15) is 23.5 Å². The molecule has 33 heavy (non-hydrogen) atoms. The fourth-order valence-corrected chi connectivity index (χ4v) is 4.48. The maximum atomic E-state index is 15.2. The Bertz CT molecular complexity index is 1360. The molecule has 0 radical (unpaired) electrons. The number of halogens is 3. The number of ether oxygens (including phenoxy) is 2. The summed E-state index contributed by atoms with van der Waals surface area (Å²) in [4.78, 5) is 26.1. The zero-order chi connectivity index (χ0) is 23.5. The van der Waals surface area contributed by atoms with Gasteiger partial charge in [-0.05, 0) is 31.2 Å². The molecule has 0 saturated carbocycles. The Morgan fingerprint density at radius 2 is 1.91 bits per heavy atom. The van der Waals surface area contributed by atoms with Crippen LogP contribution in [0, 0.1) is 17.5 Å². The summed E-state index contributed by atoms with van der Waals surface area (Å²) >= 11 is 0. The average Bonchev–Trinajstić information content (AvgIpc) is 3.34. The fraction of sp³-hybridized carbons (Fsp3) is 0.304. The Hall–Kier alpha value is -3.37. The first-order valence-electron chi connectivity index (χ1n) is 10.3. The van der Waals surface area contributed by atoms with Crippen molar-refractivity contribution in [3.63, 3.8) is 0 Å². The summed E-state index contributed by atoms with van der Waals surface area (Å²) in [5.41, 5.74) is -1.55. The normalized spacial score (nSPS) is 22.5. The lowest BCUT2D eigenvalue weighted by atomic mass is 10.1. The van der Waals surface area contributed by atoms with Crippen molar-refractivity contribution in [3.8, 4) is 5.69 Å². The molecule has 5 rings (SSSR count). The van der Waals surface area contributed by atoms with Gasteiger partial charge in [0.25, 0.3) is 0 Å². The number of carboxylic acid groups (broad SMARTS) is 1. The van der Waals surface area contributed by atoms with E-state index in [1.54, 1.807) is 4.90 Å². The second-order valence-electron chi connectivity index (χ2n) is 8.29. The highest BCUT2D eigenvalue weighted by atomic mass is 19.1. The molecule has 10 heteroatoms. The number of aromatic nitrogens is 1. The van der Waals surface area contributed by atoms with E-state index in [1.807, 2.05) is 6.92 Å². The van der Waals surface area contributed by atoms with Gasteiger partial charge < -0.3 is 24.0 Å². The van der Waals surface area contributed by atoms with Crippen molar-refractivity contribution in [2.45, 2.75) is 25.2 Å². The third-order valence-electron chi connectivity index (χ3n) is 6.00. The van der Waals surface area contributed by atoms with Crippen LogP contribution in [0.5, 0.6) is 0 Å². The van der Waals surface area contributed by atoms with Gasteiger partial charge in [0, 0.05) is 30.6 Å². The molecule has 172 valence electrons. The third kappa shape index (κ3) is 3.55. The molecule has 1 N–H and O–H groups in total. The predicted molar refractivity (Wildman–Crippen MR) is 112 cm³/mol. The van der Waals surface area contributed by atoms with Crippen LogP contribution in [0.15, 0.2) is 41.3 Å². The van der Waals surface area contributed by atoms with Gasteiger partial charge in [-0.1, -0.05) is 0 Å². The standard InChI is InChI=1S/C23H19F3N2O5/c1-12-10-32-23(33-12)4-5-27(11-23)20-8-19-14(7-17(20)26)21(29)15(22(30)31)9-28(19)18-3-2-13(24)6-16(18)25/h2-3,6-9,12H,4-5,10-11H2,1H3,(H,30,31). The number of rotatable bonds is 3. The van der Waals surface area contributed by atoms with Crippen LogP contribution < -0.4 is 10.3 Å². The quantitative estimate of drug-likeness (QED) is 0.645. The van der Waals surface area contributed by atoms with Gasteiger partial charge in [-0.3, -0.25) is 4.79 Å². The Labute approximate surface area is 185 Å². The van der Waals surface area contributed by atoms with Gasteiger partial charge in [-0.25, -0.2) is 18.0 Å². The summed E-state index contributed by atoms with van der Waals surface area (Å²) < 4.78 is 56.0. The van der Waals surface area contributed by atoms with Crippen molar-refractivity contribution in [1.29, 1.82) is 0 Å². The highest BCUT2D eigenvalue weighted by Crippen LogP contribution is 2.37. The third-order valence-corrected chi connectivity index (χ3v) is 6.00. The molecule has 2 aliphatic heterocycles. The summed E-state index contributed by atoms with van der Waals surface area (Å²) in [7, 11) is 0. The molecule has 2 atom stereocenters. The van der Waals surface area contributed by atoms with Crippen molar-refractivity contribution in [3.05, 3.63) is 69.8 Å². The molecule has 2 fully saturated rings. The van der Waals surface area contributed by atoms with E-state index in [2.05, 4.69) is 0 Å². The minimum absolute atomic E-state index is 0.0782. The van der Waals surface area contributed by atoms with E-state index < -0.39 is 40.2 Å². The van der Waals surface area contributed by atoms with Crippen LogP contribution in [0.4, 0.5) is 18.9 Å². The molecule has 2 aromatic carbocycles. The first-order valence-corrected chi connectivity index (χ1v) is 10.3. The molecular formula is C23H19F3N2O5. The van der Waals surface area contributed by atoms with Gasteiger partial charge in [0.2, 0.25) is 5.43 Å². The number of pyridine rings is 1. The highest BCUT2D eigenvalue weighted by Gasteiger charge is 2.46. The molecular weight excluding hydrogens is 441 g/mol. The largest absolute Gasteiger partial charge is 0.477 e.